The number of hydrogen-bond donors (Lipinski definition) is 1. The molecule has 0 unspecified atom stereocenters. The summed E-state index contributed by atoms with van der Waals surface area (Å²) in [5, 5.41) is 14.9. The average molecular weight is 525 g/mol. The molecule has 1 N–H and O–H groups in total. The van der Waals surface area contributed by atoms with Gasteiger partial charge in [0.25, 0.3) is 0 Å². The minimum Gasteiger partial charge on any atom is -0.465 e. The largest absolute Gasteiger partial charge is 0.465 e. The predicted molar refractivity (Wildman–Crippen MR) is 138 cm³/mol. The number of hydrogen-bond acceptors (Lipinski definition) is 7. The summed E-state index contributed by atoms with van der Waals surface area (Å²) in [4.78, 5) is 39.3. The molecule has 8 heteroatoms. The van der Waals surface area contributed by atoms with Gasteiger partial charge in [0.2, 0.25) is 0 Å². The van der Waals surface area contributed by atoms with Gasteiger partial charge in [-0.2, -0.15) is 5.10 Å². The molecule has 38 heavy (non-hydrogen) atoms. The minimum atomic E-state index is -0.672. The van der Waals surface area contributed by atoms with Gasteiger partial charge in [0.1, 0.15) is 11.3 Å². The number of carbonyl (C=O) groups excluding carboxylic acids is 3. The number of methoxy groups -OCH3 is 2. The summed E-state index contributed by atoms with van der Waals surface area (Å²) in [7, 11) is 2.57. The van der Waals surface area contributed by atoms with Crippen LogP contribution >= 0.6 is 0 Å². The van der Waals surface area contributed by atoms with Gasteiger partial charge in [0.05, 0.1) is 26.0 Å². The van der Waals surface area contributed by atoms with Crippen LogP contribution in [0.5, 0.6) is 0 Å². The van der Waals surface area contributed by atoms with E-state index in [1.165, 1.54) is 19.8 Å². The molecule has 0 amide bonds. The Morgan fingerprint density at radius 2 is 1.82 bits per heavy atom. The second kappa shape index (κ2) is 8.51. The topological polar surface area (TPSA) is 108 Å². The van der Waals surface area contributed by atoms with Crippen LogP contribution in [0, 0.1) is 39.9 Å². The van der Waals surface area contributed by atoms with Crippen molar-refractivity contribution in [3.63, 3.8) is 0 Å². The number of ketones is 1. The molecule has 0 radical (unpaired) electrons. The van der Waals surface area contributed by atoms with E-state index in [2.05, 4.69) is 25.0 Å². The maximum Gasteiger partial charge on any atom is 0.359 e. The fourth-order valence-corrected chi connectivity index (χ4v) is 10.2. The summed E-state index contributed by atoms with van der Waals surface area (Å²) in [5.41, 5.74) is 1.45. The van der Waals surface area contributed by atoms with E-state index in [1.54, 1.807) is 11.6 Å². The van der Waals surface area contributed by atoms with Crippen LogP contribution in [0.15, 0.2) is 11.6 Å². The minimum absolute atomic E-state index is 0.0317. The monoisotopic (exact) mass is 524 g/mol. The molecular formula is C30H40N2O6. The Kier molecular flexibility index (Phi) is 5.77. The summed E-state index contributed by atoms with van der Waals surface area (Å²) >= 11 is 0. The van der Waals surface area contributed by atoms with E-state index in [4.69, 9.17) is 9.47 Å². The van der Waals surface area contributed by atoms with Crippen LogP contribution in [0.2, 0.25) is 0 Å². The van der Waals surface area contributed by atoms with E-state index >= 15 is 0 Å². The molecule has 8 atom stereocenters. The molecule has 3 fully saturated rings. The maximum absolute atomic E-state index is 13.8. The molecule has 4 aliphatic carbocycles. The van der Waals surface area contributed by atoms with Crippen molar-refractivity contribution >= 4 is 17.7 Å². The highest BCUT2D eigenvalue weighted by atomic mass is 16.5. The Labute approximate surface area is 224 Å². The van der Waals surface area contributed by atoms with Crippen molar-refractivity contribution in [1.82, 2.24) is 9.78 Å². The normalized spacial score (nSPS) is 41.0. The molecule has 206 valence electrons. The molecule has 1 aromatic rings. The number of esters is 2. The first-order chi connectivity index (χ1) is 18.0. The lowest BCUT2D eigenvalue weighted by atomic mass is 9.44. The second-order valence-corrected chi connectivity index (χ2v) is 13.1. The fraction of sp³-hybridized carbons (Fsp3) is 0.733. The summed E-state index contributed by atoms with van der Waals surface area (Å²) in [6.07, 6.45) is 9.24. The molecule has 8 nitrogen and oxygen atoms in total. The lowest BCUT2D eigenvalue weighted by Gasteiger charge is -2.60. The van der Waals surface area contributed by atoms with Crippen molar-refractivity contribution in [1.29, 1.82) is 0 Å². The Hall–Kier alpha value is -2.48. The van der Waals surface area contributed by atoms with Crippen molar-refractivity contribution in [2.75, 3.05) is 14.2 Å². The van der Waals surface area contributed by atoms with Gasteiger partial charge in [0.15, 0.2) is 5.69 Å². The van der Waals surface area contributed by atoms with Crippen LogP contribution in [0.1, 0.15) is 92.3 Å². The number of nitrogens with zero attached hydrogens (tertiary/aromatic N) is 2. The first-order valence-electron chi connectivity index (χ1n) is 14.2. The van der Waals surface area contributed by atoms with Crippen molar-refractivity contribution < 1.29 is 29.0 Å². The van der Waals surface area contributed by atoms with E-state index in [-0.39, 0.29) is 39.9 Å². The summed E-state index contributed by atoms with van der Waals surface area (Å²) in [6, 6.07) is 0. The van der Waals surface area contributed by atoms with Crippen molar-refractivity contribution in [3.8, 4) is 0 Å². The lowest BCUT2D eigenvalue weighted by Crippen LogP contribution is -2.57. The third-order valence-electron chi connectivity index (χ3n) is 12.0. The molecule has 0 saturated heterocycles. The number of aromatic nitrogens is 2. The third kappa shape index (κ3) is 3.12. The Morgan fingerprint density at radius 3 is 2.50 bits per heavy atom. The van der Waals surface area contributed by atoms with Crippen LogP contribution < -0.4 is 0 Å². The van der Waals surface area contributed by atoms with Crippen LogP contribution in [-0.2, 0) is 27.2 Å². The fourth-order valence-electron chi connectivity index (χ4n) is 10.2. The number of Topliss-reactive ketones (excluding diaryl/α,β-unsaturated/α-hetero) is 1. The second-order valence-electron chi connectivity index (χ2n) is 13.1. The number of allylic oxidation sites excluding steroid dienone is 1. The highest BCUT2D eigenvalue weighted by Gasteiger charge is 2.70. The van der Waals surface area contributed by atoms with E-state index in [0.29, 0.717) is 36.4 Å². The van der Waals surface area contributed by atoms with E-state index in [0.717, 1.165) is 44.9 Å². The zero-order valence-corrected chi connectivity index (χ0v) is 23.2. The van der Waals surface area contributed by atoms with Crippen LogP contribution in [0.25, 0.3) is 0 Å². The predicted octanol–water partition coefficient (Wildman–Crippen LogP) is 4.14. The van der Waals surface area contributed by atoms with Crippen LogP contribution in [-0.4, -0.2) is 52.9 Å². The Balaban J connectivity index is 1.43. The average Bonchev–Trinajstić information content (AvgIpc) is 3.39. The number of aliphatic hydroxyl groups excluding tert-OH is 1. The van der Waals surface area contributed by atoms with Crippen LogP contribution in [0.4, 0.5) is 0 Å². The Bertz CT molecular complexity index is 1250. The summed E-state index contributed by atoms with van der Waals surface area (Å²) in [6.45, 7) is 6.97. The number of aliphatic hydroxyl groups is 1. The van der Waals surface area contributed by atoms with E-state index in [1.807, 2.05) is 0 Å². The third-order valence-corrected chi connectivity index (χ3v) is 12.0. The summed E-state index contributed by atoms with van der Waals surface area (Å²) in [5.74, 6) is 0.418. The zero-order valence-electron chi connectivity index (χ0n) is 23.2. The number of carbonyl (C=O) groups is 3. The molecule has 3 saturated carbocycles. The molecule has 2 heterocycles. The molecule has 0 aromatic carbocycles. The zero-order chi connectivity index (χ0) is 27.2. The quantitative estimate of drug-likeness (QED) is 0.468. The van der Waals surface area contributed by atoms with Gasteiger partial charge in [-0.05, 0) is 86.4 Å². The lowest BCUT2D eigenvalue weighted by molar-refractivity contribution is -0.146. The van der Waals surface area contributed by atoms with Gasteiger partial charge in [-0.1, -0.05) is 25.5 Å². The number of ether oxygens (including phenoxy) is 2. The molecule has 0 spiro atoms. The smallest absolute Gasteiger partial charge is 0.359 e. The molecule has 5 aliphatic rings. The van der Waals surface area contributed by atoms with Crippen molar-refractivity contribution in [2.45, 2.75) is 84.8 Å². The highest BCUT2D eigenvalue weighted by molar-refractivity contribution is 6.03. The maximum atomic E-state index is 13.8. The molecule has 1 aromatic heterocycles. The van der Waals surface area contributed by atoms with Gasteiger partial charge in [-0.15, -0.1) is 0 Å². The van der Waals surface area contributed by atoms with Crippen LogP contribution in [0.3, 0.4) is 0 Å². The molecular weight excluding hydrogens is 484 g/mol. The molecule has 1 aliphatic heterocycles. The van der Waals surface area contributed by atoms with E-state index in [9.17, 15) is 19.5 Å². The molecule has 0 bridgehead atoms. The van der Waals surface area contributed by atoms with Crippen molar-refractivity contribution in [2.24, 2.45) is 39.9 Å². The van der Waals surface area contributed by atoms with Gasteiger partial charge in [0, 0.05) is 18.4 Å². The first-order valence-corrected chi connectivity index (χ1v) is 14.2. The SMILES string of the molecule is COC(=O)c1nn2c(c1C(=O)OC)C[C@]1(C(C)=O)[C@@H](C[C@H]3[C@@H]4CC=C5C[C@@H](O)CC[C@]5(C)[C@H]4CC[C@@]31C)C2. The Morgan fingerprint density at radius 1 is 1.08 bits per heavy atom. The first kappa shape index (κ1) is 25.8. The summed E-state index contributed by atoms with van der Waals surface area (Å²) < 4.78 is 11.8. The number of rotatable bonds is 3. The van der Waals surface area contributed by atoms with E-state index < -0.39 is 17.4 Å². The van der Waals surface area contributed by atoms with Gasteiger partial charge < -0.3 is 14.6 Å². The standard InChI is InChI=1S/C30H40N2O6/c1-16(33)30-14-23-24(26(35)37-4)25(27(36)38-5)31-32(23)15-18(30)13-22-20-7-6-17-12-19(34)8-10-28(17,2)21(20)9-11-29(22,30)3/h6,18-22,34H,7-15H2,1-5H3/t18-,19-,20+,21-,22-,28-,29-,30-/m0/s1. The molecule has 6 rings (SSSR count). The van der Waals surface area contributed by atoms with Gasteiger partial charge >= 0.3 is 11.9 Å². The van der Waals surface area contributed by atoms with Crippen molar-refractivity contribution in [3.05, 3.63) is 28.6 Å². The van der Waals surface area contributed by atoms with Gasteiger partial charge in [-0.3, -0.25) is 9.48 Å². The number of fused-ring (bicyclic) bond motifs is 8. The van der Waals surface area contributed by atoms with Gasteiger partial charge in [-0.25, -0.2) is 9.59 Å². The highest BCUT2D eigenvalue weighted by Crippen LogP contribution is 2.72.